The van der Waals surface area contributed by atoms with Crippen molar-refractivity contribution >= 4 is 5.91 Å². The molecule has 1 atom stereocenters. The van der Waals surface area contributed by atoms with Gasteiger partial charge in [-0.2, -0.15) is 0 Å². The Balaban J connectivity index is 1.57. The van der Waals surface area contributed by atoms with Crippen LogP contribution in [0.5, 0.6) is 0 Å². The van der Waals surface area contributed by atoms with E-state index in [4.69, 9.17) is 4.74 Å². The number of benzene rings is 1. The van der Waals surface area contributed by atoms with Crippen LogP contribution in [-0.4, -0.2) is 45.6 Å². The maximum Gasteiger partial charge on any atom is 0.276 e. The fourth-order valence-electron chi connectivity index (χ4n) is 4.11. The van der Waals surface area contributed by atoms with Crippen molar-refractivity contribution in [2.45, 2.75) is 45.2 Å². The van der Waals surface area contributed by atoms with E-state index in [-0.39, 0.29) is 23.4 Å². The van der Waals surface area contributed by atoms with E-state index in [1.807, 2.05) is 34.0 Å². The number of amides is 1. The molecule has 2 fully saturated rings. The van der Waals surface area contributed by atoms with Crippen molar-refractivity contribution in [2.75, 3.05) is 19.8 Å². The maximum atomic E-state index is 13.2. The zero-order valence-corrected chi connectivity index (χ0v) is 15.5. The number of hydrogen-bond donors (Lipinski definition) is 0. The number of ether oxygens (including phenoxy) is 1. The number of nitrogens with zero attached hydrogens (tertiary/aromatic N) is 4. The molecule has 3 heterocycles. The molecule has 6 nitrogen and oxygen atoms in total. The van der Waals surface area contributed by atoms with Gasteiger partial charge < -0.3 is 9.64 Å². The van der Waals surface area contributed by atoms with Crippen LogP contribution in [0, 0.1) is 5.41 Å². The molecule has 1 aromatic carbocycles. The normalized spacial score (nSPS) is 23.3. The van der Waals surface area contributed by atoms with E-state index in [1.54, 1.807) is 0 Å². The molecule has 2 aliphatic rings. The summed E-state index contributed by atoms with van der Waals surface area (Å²) >= 11 is 0. The molecule has 0 radical (unpaired) electrons. The van der Waals surface area contributed by atoms with Crippen molar-refractivity contribution in [1.82, 2.24) is 19.9 Å². The summed E-state index contributed by atoms with van der Waals surface area (Å²) in [6.07, 6.45) is 4.60. The van der Waals surface area contributed by atoms with Gasteiger partial charge in [-0.3, -0.25) is 4.79 Å². The van der Waals surface area contributed by atoms with Crippen LogP contribution in [0.2, 0.25) is 0 Å². The minimum Gasteiger partial charge on any atom is -0.381 e. The lowest BCUT2D eigenvalue weighted by atomic mass is 9.89. The van der Waals surface area contributed by atoms with Crippen LogP contribution in [-0.2, 0) is 4.74 Å². The topological polar surface area (TPSA) is 60.2 Å². The van der Waals surface area contributed by atoms with Gasteiger partial charge in [-0.25, -0.2) is 4.68 Å². The SMILES string of the molecule is CC1(C)CC(c2ccccc2)N(C(=O)c2cn(C3CCOCC3)nn2)C1. The van der Waals surface area contributed by atoms with Crippen LogP contribution >= 0.6 is 0 Å². The predicted molar refractivity (Wildman–Crippen MR) is 97.7 cm³/mol. The third-order valence-electron chi connectivity index (χ3n) is 5.46. The predicted octanol–water partition coefficient (Wildman–Crippen LogP) is 3.24. The van der Waals surface area contributed by atoms with Gasteiger partial charge in [0.1, 0.15) is 0 Å². The van der Waals surface area contributed by atoms with E-state index in [2.05, 4.69) is 36.3 Å². The van der Waals surface area contributed by atoms with Crippen molar-refractivity contribution < 1.29 is 9.53 Å². The molecule has 1 amide bonds. The van der Waals surface area contributed by atoms with Gasteiger partial charge in [0.05, 0.1) is 18.3 Å². The van der Waals surface area contributed by atoms with Gasteiger partial charge in [0.15, 0.2) is 5.69 Å². The molecule has 1 unspecified atom stereocenters. The number of likely N-dealkylation sites (tertiary alicyclic amines) is 1. The van der Waals surface area contributed by atoms with Crippen molar-refractivity contribution in [3.8, 4) is 0 Å². The summed E-state index contributed by atoms with van der Waals surface area (Å²) in [5, 5.41) is 8.42. The Morgan fingerprint density at radius 1 is 1.19 bits per heavy atom. The van der Waals surface area contributed by atoms with Crippen molar-refractivity contribution in [1.29, 1.82) is 0 Å². The Hall–Kier alpha value is -2.21. The lowest BCUT2D eigenvalue weighted by molar-refractivity contribution is 0.0657. The summed E-state index contributed by atoms with van der Waals surface area (Å²) in [7, 11) is 0. The maximum absolute atomic E-state index is 13.2. The van der Waals surface area contributed by atoms with E-state index in [0.29, 0.717) is 5.69 Å². The Morgan fingerprint density at radius 2 is 1.92 bits per heavy atom. The fourth-order valence-corrected chi connectivity index (χ4v) is 4.11. The fraction of sp³-hybridized carbons (Fsp3) is 0.550. The summed E-state index contributed by atoms with van der Waals surface area (Å²) in [6, 6.07) is 10.6. The van der Waals surface area contributed by atoms with Crippen molar-refractivity contribution in [3.63, 3.8) is 0 Å². The number of carbonyl (C=O) groups is 1. The number of rotatable bonds is 3. The van der Waals surface area contributed by atoms with Gasteiger partial charge >= 0.3 is 0 Å². The van der Waals surface area contributed by atoms with Gasteiger partial charge in [-0.05, 0) is 30.2 Å². The molecule has 4 rings (SSSR count). The molecule has 26 heavy (non-hydrogen) atoms. The molecule has 0 aliphatic carbocycles. The second-order valence-electron chi connectivity index (χ2n) is 8.16. The van der Waals surface area contributed by atoms with Crippen LogP contribution in [0.4, 0.5) is 0 Å². The molecular formula is C20H26N4O2. The molecule has 2 aromatic rings. The molecule has 6 heteroatoms. The highest BCUT2D eigenvalue weighted by Crippen LogP contribution is 2.43. The average molecular weight is 354 g/mol. The average Bonchev–Trinajstić information content (AvgIpc) is 3.27. The van der Waals surface area contributed by atoms with Gasteiger partial charge in [-0.1, -0.05) is 49.4 Å². The molecule has 0 bridgehead atoms. The highest BCUT2D eigenvalue weighted by atomic mass is 16.5. The molecule has 1 aromatic heterocycles. The summed E-state index contributed by atoms with van der Waals surface area (Å²) in [5.74, 6) is -0.0252. The zero-order chi connectivity index (χ0) is 18.1. The number of carbonyl (C=O) groups excluding carboxylic acids is 1. The summed E-state index contributed by atoms with van der Waals surface area (Å²) in [4.78, 5) is 15.2. The van der Waals surface area contributed by atoms with Crippen LogP contribution in [0.15, 0.2) is 36.5 Å². The molecular weight excluding hydrogens is 328 g/mol. The smallest absolute Gasteiger partial charge is 0.276 e. The van der Waals surface area contributed by atoms with Gasteiger partial charge in [0, 0.05) is 19.8 Å². The van der Waals surface area contributed by atoms with E-state index < -0.39 is 0 Å². The Morgan fingerprint density at radius 3 is 2.65 bits per heavy atom. The minimum atomic E-state index is -0.0252. The zero-order valence-electron chi connectivity index (χ0n) is 15.5. The highest BCUT2D eigenvalue weighted by Gasteiger charge is 2.41. The standard InChI is InChI=1S/C20H26N4O2/c1-20(2)12-18(15-6-4-3-5-7-15)23(14-20)19(25)17-13-24(22-21-17)16-8-10-26-11-9-16/h3-7,13,16,18H,8-12,14H2,1-2H3. The van der Waals surface area contributed by atoms with Crippen LogP contribution in [0.3, 0.4) is 0 Å². The van der Waals surface area contributed by atoms with Crippen molar-refractivity contribution in [3.05, 3.63) is 47.8 Å². The lowest BCUT2D eigenvalue weighted by Crippen LogP contribution is -2.32. The molecule has 0 spiro atoms. The highest BCUT2D eigenvalue weighted by molar-refractivity contribution is 5.92. The van der Waals surface area contributed by atoms with Gasteiger partial charge in [0.2, 0.25) is 0 Å². The number of aromatic nitrogens is 3. The van der Waals surface area contributed by atoms with Gasteiger partial charge in [0.25, 0.3) is 5.91 Å². The first-order valence-electron chi connectivity index (χ1n) is 9.39. The largest absolute Gasteiger partial charge is 0.381 e. The Bertz CT molecular complexity index is 765. The summed E-state index contributed by atoms with van der Waals surface area (Å²) < 4.78 is 7.25. The quantitative estimate of drug-likeness (QED) is 0.849. The second kappa shape index (κ2) is 6.83. The molecule has 2 aliphatic heterocycles. The van der Waals surface area contributed by atoms with Crippen molar-refractivity contribution in [2.24, 2.45) is 5.41 Å². The van der Waals surface area contributed by atoms with E-state index >= 15 is 0 Å². The van der Waals surface area contributed by atoms with Crippen LogP contribution < -0.4 is 0 Å². The second-order valence-corrected chi connectivity index (χ2v) is 8.16. The molecule has 138 valence electrons. The Kier molecular flexibility index (Phi) is 4.53. The van der Waals surface area contributed by atoms with Gasteiger partial charge in [-0.15, -0.1) is 5.10 Å². The molecule has 2 saturated heterocycles. The number of hydrogen-bond acceptors (Lipinski definition) is 4. The molecule has 0 saturated carbocycles. The third-order valence-corrected chi connectivity index (χ3v) is 5.46. The van der Waals surface area contributed by atoms with E-state index in [0.717, 1.165) is 39.0 Å². The van der Waals surface area contributed by atoms with E-state index in [9.17, 15) is 4.79 Å². The lowest BCUT2D eigenvalue weighted by Gasteiger charge is -2.24. The Labute approximate surface area is 154 Å². The monoisotopic (exact) mass is 354 g/mol. The first-order chi connectivity index (χ1) is 12.5. The van der Waals surface area contributed by atoms with Crippen LogP contribution in [0.1, 0.15) is 61.2 Å². The first kappa shape index (κ1) is 17.2. The summed E-state index contributed by atoms with van der Waals surface area (Å²) in [6.45, 7) is 6.65. The molecule has 0 N–H and O–H groups in total. The first-order valence-corrected chi connectivity index (χ1v) is 9.39. The minimum absolute atomic E-state index is 0.0252. The van der Waals surface area contributed by atoms with Crippen LogP contribution in [0.25, 0.3) is 0 Å². The van der Waals surface area contributed by atoms with E-state index in [1.165, 1.54) is 5.56 Å². The summed E-state index contributed by atoms with van der Waals surface area (Å²) in [5.41, 5.74) is 1.71. The third kappa shape index (κ3) is 3.38.